The van der Waals surface area contributed by atoms with Crippen molar-refractivity contribution in [2.24, 2.45) is 0 Å². The van der Waals surface area contributed by atoms with Crippen LogP contribution in [0.15, 0.2) is 47.8 Å². The zero-order chi connectivity index (χ0) is 71.8. The van der Waals surface area contributed by atoms with Crippen LogP contribution >= 0.6 is 0 Å². The Morgan fingerprint density at radius 2 is 0.380 bits per heavy atom. The van der Waals surface area contributed by atoms with E-state index < -0.39 is 0 Å². The molecule has 8 heteroatoms. The largest absolute Gasteiger partial charge is 0.493 e. The Labute approximate surface area is 621 Å². The Kier molecular flexibility index (Phi) is 66.2. The molecule has 2 N–H and O–H groups in total. The predicted octanol–water partition coefficient (Wildman–Crippen LogP) is 30.5. The van der Waals surface area contributed by atoms with Crippen LogP contribution in [0.25, 0.3) is 0 Å². The molecule has 0 heterocycles. The second kappa shape index (κ2) is 71.9. The summed E-state index contributed by atoms with van der Waals surface area (Å²) in [6, 6.07) is 16.5. The van der Waals surface area contributed by atoms with Gasteiger partial charge in [-0.15, -0.1) is 0 Å². The van der Waals surface area contributed by atoms with Gasteiger partial charge in [0.2, 0.25) is 0 Å². The van der Waals surface area contributed by atoms with Gasteiger partial charge in [-0.05, 0) is 74.9 Å². The molecule has 2 atom stereocenters. The third-order valence-corrected chi connectivity index (χ3v) is 21.1. The van der Waals surface area contributed by atoms with Gasteiger partial charge in [-0.25, -0.2) is 0 Å². The number of nitrogens with zero attached hydrogens (tertiary/aromatic N) is 2. The molecule has 0 spiro atoms. The first-order valence-corrected chi connectivity index (χ1v) is 44.3. The fourth-order valence-corrected chi connectivity index (χ4v) is 14.3. The molecular weight excluding hydrogens is 1230 g/mol. The van der Waals surface area contributed by atoms with E-state index in [1.807, 2.05) is 26.0 Å². The fraction of sp³-hybridized carbons (Fsp3) is 0.826. The molecule has 2 aromatic rings. The summed E-state index contributed by atoms with van der Waals surface area (Å²) in [5.74, 6) is 3.14. The first kappa shape index (κ1) is 92.0. The van der Waals surface area contributed by atoms with E-state index in [4.69, 9.17) is 18.9 Å². The molecule has 0 fully saturated rings. The second-order valence-corrected chi connectivity index (χ2v) is 30.8. The zero-order valence-corrected chi connectivity index (χ0v) is 67.2. The van der Waals surface area contributed by atoms with Gasteiger partial charge in [0, 0.05) is 24.2 Å². The van der Waals surface area contributed by atoms with Gasteiger partial charge < -0.3 is 29.6 Å². The normalized spacial score (nSPS) is 12.3. The van der Waals surface area contributed by atoms with Crippen LogP contribution in [-0.2, 0) is 0 Å². The van der Waals surface area contributed by atoms with Crippen LogP contribution < -0.4 is 29.6 Å². The molecule has 576 valence electrons. The molecule has 2 unspecified atom stereocenters. The zero-order valence-electron chi connectivity index (χ0n) is 67.2. The molecule has 2 rings (SSSR count). The van der Waals surface area contributed by atoms with Gasteiger partial charge in [0.25, 0.3) is 0 Å². The number of benzene rings is 2. The van der Waals surface area contributed by atoms with Gasteiger partial charge in [-0.3, -0.25) is 0 Å². The lowest BCUT2D eigenvalue weighted by Crippen LogP contribution is -2.25. The average Bonchev–Trinajstić information content (AvgIpc) is 0.847. The smallest absolute Gasteiger partial charge is 0.148 e. The molecule has 0 amide bonds. The summed E-state index contributed by atoms with van der Waals surface area (Å²) in [5, 5.41) is 28.3. The van der Waals surface area contributed by atoms with Crippen molar-refractivity contribution in [2.45, 2.75) is 465 Å². The van der Waals surface area contributed by atoms with Gasteiger partial charge in [0.05, 0.1) is 26.4 Å². The quantitative estimate of drug-likeness (QED) is 0.0498. The molecule has 0 saturated heterocycles. The minimum absolute atomic E-state index is 0.202. The SMILES string of the molecule is CCCCCCCCCCCCCCCCCCOc1cc(OCCCCCCCCCCCCCCCCCC)cc(C(C)N/C(C#N)=C(/C#N)NC(C)c2cc(OCCCCCCCCCCCCCCCCCC)cc(OCCCCCCCCCCCCCCCCCC)c2)c1. The van der Waals surface area contributed by atoms with Gasteiger partial charge >= 0.3 is 0 Å². The van der Waals surface area contributed by atoms with E-state index in [0.29, 0.717) is 26.4 Å². The minimum atomic E-state index is -0.307. The molecule has 0 radical (unpaired) electrons. The average molecular weight is 1390 g/mol. The summed E-state index contributed by atoms with van der Waals surface area (Å²) in [4.78, 5) is 0. The molecule has 0 aliphatic rings. The van der Waals surface area contributed by atoms with Crippen molar-refractivity contribution in [3.8, 4) is 35.1 Å². The van der Waals surface area contributed by atoms with Gasteiger partial charge in [-0.1, -0.05) is 413 Å². The summed E-state index contributed by atoms with van der Waals surface area (Å²) in [6.45, 7) is 15.9. The molecular formula is C92H164N4O4. The highest BCUT2D eigenvalue weighted by molar-refractivity contribution is 5.43. The molecule has 0 aliphatic heterocycles. The highest BCUT2D eigenvalue weighted by Gasteiger charge is 2.18. The van der Waals surface area contributed by atoms with E-state index in [0.717, 1.165) is 59.8 Å². The highest BCUT2D eigenvalue weighted by Crippen LogP contribution is 2.31. The first-order chi connectivity index (χ1) is 49.4. The number of nitrogens with one attached hydrogen (secondary N) is 2. The van der Waals surface area contributed by atoms with Crippen LogP contribution in [-0.4, -0.2) is 26.4 Å². The standard InChI is InChI=1S/C92H164N4O4/c1-7-11-15-19-23-27-31-35-39-43-47-51-55-59-63-67-71-97-87-75-85(76-88(79-87)98-72-68-64-60-56-52-48-44-40-36-32-28-24-20-16-12-8-2)83(5)95-91(81-93)92(82-94)96-84(6)86-77-89(99-73-69-65-61-57-53-49-45-41-37-33-29-25-21-17-13-9-3)80-90(78-86)100-74-70-66-62-58-54-50-46-42-38-34-30-26-22-18-14-10-4/h75-80,83-84,95-96H,7-74H2,1-6H3/b92-91-. The van der Waals surface area contributed by atoms with E-state index in [1.54, 1.807) is 0 Å². The van der Waals surface area contributed by atoms with Crippen molar-refractivity contribution in [3.05, 3.63) is 58.9 Å². The van der Waals surface area contributed by atoms with Gasteiger partial charge in [0.1, 0.15) is 46.5 Å². The van der Waals surface area contributed by atoms with Crippen LogP contribution in [0.3, 0.4) is 0 Å². The summed E-state index contributed by atoms with van der Waals surface area (Å²) in [7, 11) is 0. The van der Waals surface area contributed by atoms with E-state index in [9.17, 15) is 10.5 Å². The maximum atomic E-state index is 10.7. The van der Waals surface area contributed by atoms with Gasteiger partial charge in [-0.2, -0.15) is 10.5 Å². The van der Waals surface area contributed by atoms with Crippen molar-refractivity contribution in [1.29, 1.82) is 10.5 Å². The van der Waals surface area contributed by atoms with E-state index >= 15 is 0 Å². The number of rotatable bonds is 78. The Morgan fingerprint density at radius 1 is 0.240 bits per heavy atom. The Balaban J connectivity index is 2.06. The molecule has 0 bridgehead atoms. The first-order valence-electron chi connectivity index (χ1n) is 44.3. The third kappa shape index (κ3) is 56.4. The molecule has 100 heavy (non-hydrogen) atoms. The molecule has 2 aromatic carbocycles. The van der Waals surface area contributed by atoms with Crippen molar-refractivity contribution in [2.75, 3.05) is 26.4 Å². The van der Waals surface area contributed by atoms with Crippen molar-refractivity contribution < 1.29 is 18.9 Å². The lowest BCUT2D eigenvalue weighted by Gasteiger charge is -2.21. The highest BCUT2D eigenvalue weighted by atomic mass is 16.5. The van der Waals surface area contributed by atoms with Gasteiger partial charge in [0.15, 0.2) is 0 Å². The van der Waals surface area contributed by atoms with E-state index in [-0.39, 0.29) is 23.5 Å². The van der Waals surface area contributed by atoms with Crippen LogP contribution in [0.4, 0.5) is 0 Å². The van der Waals surface area contributed by atoms with Crippen LogP contribution in [0.5, 0.6) is 23.0 Å². The van der Waals surface area contributed by atoms with Crippen LogP contribution in [0, 0.1) is 22.7 Å². The monoisotopic (exact) mass is 1390 g/mol. The summed E-state index contributed by atoms with van der Waals surface area (Å²) in [5.41, 5.74) is 2.30. The van der Waals surface area contributed by atoms with Crippen molar-refractivity contribution >= 4 is 0 Å². The Bertz CT molecular complexity index is 1930. The van der Waals surface area contributed by atoms with Crippen LogP contribution in [0.2, 0.25) is 0 Å². The fourth-order valence-electron chi connectivity index (χ4n) is 14.3. The number of nitriles is 2. The number of allylic oxidation sites excluding steroid dienone is 2. The maximum Gasteiger partial charge on any atom is 0.148 e. The summed E-state index contributed by atoms with van der Waals surface area (Å²) in [6.07, 6.45) is 85.8. The van der Waals surface area contributed by atoms with Crippen LogP contribution in [0.1, 0.15) is 476 Å². The number of hydrogen-bond donors (Lipinski definition) is 2. The second-order valence-electron chi connectivity index (χ2n) is 30.8. The molecule has 0 saturated carbocycles. The Morgan fingerprint density at radius 3 is 0.520 bits per heavy atom. The summed E-state index contributed by atoms with van der Waals surface area (Å²) < 4.78 is 26.0. The third-order valence-electron chi connectivity index (χ3n) is 21.1. The topological polar surface area (TPSA) is 109 Å². The maximum absolute atomic E-state index is 10.7. The summed E-state index contributed by atoms with van der Waals surface area (Å²) >= 11 is 0. The number of ether oxygens (including phenoxy) is 4. The lowest BCUT2D eigenvalue weighted by atomic mass is 10.0. The van der Waals surface area contributed by atoms with E-state index in [2.05, 4.69) is 74.7 Å². The van der Waals surface area contributed by atoms with Crippen molar-refractivity contribution in [3.63, 3.8) is 0 Å². The molecule has 0 aromatic heterocycles. The molecule has 8 nitrogen and oxygen atoms in total. The molecule has 0 aliphatic carbocycles. The Hall–Kier alpha value is -4.04. The van der Waals surface area contributed by atoms with E-state index in [1.165, 1.54) is 385 Å². The number of hydrogen-bond acceptors (Lipinski definition) is 8. The minimum Gasteiger partial charge on any atom is -0.493 e. The number of unbranched alkanes of at least 4 members (excludes halogenated alkanes) is 60. The lowest BCUT2D eigenvalue weighted by molar-refractivity contribution is 0.288. The van der Waals surface area contributed by atoms with Crippen molar-refractivity contribution in [1.82, 2.24) is 10.6 Å². The predicted molar refractivity (Wildman–Crippen MR) is 434 cm³/mol.